The molecule has 0 aliphatic heterocycles. The van der Waals surface area contributed by atoms with E-state index >= 15 is 0 Å². The Kier molecular flexibility index (Phi) is 5.89. The number of ether oxygens (including phenoxy) is 1. The van der Waals surface area contributed by atoms with Gasteiger partial charge in [0.2, 0.25) is 0 Å². The molecule has 0 unspecified atom stereocenters. The second kappa shape index (κ2) is 8.52. The van der Waals surface area contributed by atoms with E-state index in [1.165, 1.54) is 6.42 Å². The van der Waals surface area contributed by atoms with Crippen LogP contribution in [0.15, 0.2) is 48.5 Å². The molecule has 5 heteroatoms. The Hall–Kier alpha value is -2.82. The van der Waals surface area contributed by atoms with Crippen LogP contribution in [0.2, 0.25) is 0 Å². The predicted molar refractivity (Wildman–Crippen MR) is 103 cm³/mol. The largest absolute Gasteiger partial charge is 0.459 e. The molecule has 0 bridgehead atoms. The lowest BCUT2D eigenvalue weighted by atomic mass is 9.98. The molecule has 1 aliphatic carbocycles. The first-order valence-corrected chi connectivity index (χ1v) is 9.06. The van der Waals surface area contributed by atoms with Crippen molar-refractivity contribution < 1.29 is 14.3 Å². The number of benzene rings is 2. The average Bonchev–Trinajstić information content (AvgIpc) is 2.65. The molecule has 136 valence electrons. The maximum absolute atomic E-state index is 12.2. The minimum absolute atomic E-state index is 0.0361. The predicted octanol–water partition coefficient (Wildman–Crippen LogP) is 5.13. The normalized spacial score (nSPS) is 14.5. The van der Waals surface area contributed by atoms with Crippen LogP contribution in [0.3, 0.4) is 0 Å². The van der Waals surface area contributed by atoms with Crippen LogP contribution in [0, 0.1) is 6.92 Å². The van der Waals surface area contributed by atoms with E-state index in [-0.39, 0.29) is 18.1 Å². The number of carbonyl (C=O) groups excluding carboxylic acids is 2. The van der Waals surface area contributed by atoms with Gasteiger partial charge in [-0.2, -0.15) is 0 Å². The Balaban J connectivity index is 1.54. The number of aryl methyl sites for hydroxylation is 1. The van der Waals surface area contributed by atoms with Gasteiger partial charge < -0.3 is 15.4 Å². The summed E-state index contributed by atoms with van der Waals surface area (Å²) in [6, 6.07) is 14.0. The fraction of sp³-hybridized carbons (Fsp3) is 0.333. The van der Waals surface area contributed by atoms with E-state index in [0.717, 1.165) is 36.9 Å². The SMILES string of the molecule is Cc1ccccc1NC(=O)Nc1ccc(C(=O)OC2CCCCC2)cc1. The second-order valence-corrected chi connectivity index (χ2v) is 6.64. The van der Waals surface area contributed by atoms with E-state index in [4.69, 9.17) is 4.74 Å². The Morgan fingerprint density at radius 3 is 2.31 bits per heavy atom. The highest BCUT2D eigenvalue weighted by Gasteiger charge is 2.18. The lowest BCUT2D eigenvalue weighted by Gasteiger charge is -2.21. The molecule has 26 heavy (non-hydrogen) atoms. The first-order chi connectivity index (χ1) is 12.6. The molecule has 2 aromatic rings. The molecule has 1 aliphatic rings. The highest BCUT2D eigenvalue weighted by atomic mass is 16.5. The van der Waals surface area contributed by atoms with Crippen LogP contribution in [-0.4, -0.2) is 18.1 Å². The molecule has 0 atom stereocenters. The fourth-order valence-electron chi connectivity index (χ4n) is 3.09. The van der Waals surface area contributed by atoms with Crippen LogP contribution >= 0.6 is 0 Å². The summed E-state index contributed by atoms with van der Waals surface area (Å²) < 4.78 is 5.55. The molecular formula is C21H24N2O3. The van der Waals surface area contributed by atoms with Crippen LogP contribution in [-0.2, 0) is 4.74 Å². The van der Waals surface area contributed by atoms with Crippen molar-refractivity contribution in [2.75, 3.05) is 10.6 Å². The van der Waals surface area contributed by atoms with Gasteiger partial charge >= 0.3 is 12.0 Å². The Labute approximate surface area is 153 Å². The van der Waals surface area contributed by atoms with Crippen molar-refractivity contribution in [3.05, 3.63) is 59.7 Å². The summed E-state index contributed by atoms with van der Waals surface area (Å²) >= 11 is 0. The molecule has 0 radical (unpaired) electrons. The van der Waals surface area contributed by atoms with E-state index in [2.05, 4.69) is 10.6 Å². The highest BCUT2D eigenvalue weighted by molar-refractivity contribution is 6.00. The van der Waals surface area contributed by atoms with Gasteiger partial charge in [-0.15, -0.1) is 0 Å². The number of hydrogen-bond donors (Lipinski definition) is 2. The van der Waals surface area contributed by atoms with Crippen LogP contribution < -0.4 is 10.6 Å². The number of nitrogens with one attached hydrogen (secondary N) is 2. The van der Waals surface area contributed by atoms with E-state index < -0.39 is 0 Å². The number of anilines is 2. The number of hydrogen-bond acceptors (Lipinski definition) is 3. The lowest BCUT2D eigenvalue weighted by Crippen LogP contribution is -2.21. The van der Waals surface area contributed by atoms with Crippen molar-refractivity contribution in [3.8, 4) is 0 Å². The average molecular weight is 352 g/mol. The Morgan fingerprint density at radius 1 is 0.923 bits per heavy atom. The van der Waals surface area contributed by atoms with Crippen molar-refractivity contribution in [1.29, 1.82) is 0 Å². The summed E-state index contributed by atoms with van der Waals surface area (Å²) in [5.74, 6) is -0.298. The standard InChI is InChI=1S/C21H24N2O3/c1-15-7-5-6-10-19(15)23-21(25)22-17-13-11-16(12-14-17)20(24)26-18-8-3-2-4-9-18/h5-7,10-14,18H,2-4,8-9H2,1H3,(H2,22,23,25). The van der Waals surface area contributed by atoms with Crippen molar-refractivity contribution in [1.82, 2.24) is 0 Å². The molecule has 0 spiro atoms. The Morgan fingerprint density at radius 2 is 1.62 bits per heavy atom. The van der Waals surface area contributed by atoms with Gasteiger partial charge in [0.25, 0.3) is 0 Å². The summed E-state index contributed by atoms with van der Waals surface area (Å²) in [4.78, 5) is 24.3. The van der Waals surface area contributed by atoms with Gasteiger partial charge in [-0.25, -0.2) is 9.59 Å². The van der Waals surface area contributed by atoms with Crippen molar-refractivity contribution in [3.63, 3.8) is 0 Å². The first-order valence-electron chi connectivity index (χ1n) is 9.06. The van der Waals surface area contributed by atoms with Gasteiger partial charge in [0.05, 0.1) is 5.56 Å². The van der Waals surface area contributed by atoms with Crippen LogP contribution in [0.25, 0.3) is 0 Å². The maximum atomic E-state index is 12.2. The molecule has 1 saturated carbocycles. The number of carbonyl (C=O) groups is 2. The number of para-hydroxylation sites is 1. The quantitative estimate of drug-likeness (QED) is 0.750. The van der Waals surface area contributed by atoms with E-state index in [1.807, 2.05) is 31.2 Å². The van der Waals surface area contributed by atoms with E-state index in [1.54, 1.807) is 24.3 Å². The number of esters is 1. The van der Waals surface area contributed by atoms with Crippen molar-refractivity contribution in [2.24, 2.45) is 0 Å². The number of rotatable bonds is 4. The number of amides is 2. The summed E-state index contributed by atoms with van der Waals surface area (Å²) in [6.45, 7) is 1.93. The summed E-state index contributed by atoms with van der Waals surface area (Å²) in [5.41, 5.74) is 2.87. The summed E-state index contributed by atoms with van der Waals surface area (Å²) in [6.07, 6.45) is 5.40. The second-order valence-electron chi connectivity index (χ2n) is 6.64. The van der Waals surface area contributed by atoms with Gasteiger partial charge in [-0.3, -0.25) is 0 Å². The van der Waals surface area contributed by atoms with E-state index in [0.29, 0.717) is 11.3 Å². The van der Waals surface area contributed by atoms with Crippen molar-refractivity contribution in [2.45, 2.75) is 45.1 Å². The van der Waals surface area contributed by atoms with Gasteiger partial charge in [0, 0.05) is 11.4 Å². The van der Waals surface area contributed by atoms with Gasteiger partial charge in [0.1, 0.15) is 6.10 Å². The topological polar surface area (TPSA) is 67.4 Å². The molecule has 2 N–H and O–H groups in total. The number of urea groups is 1. The fourth-order valence-corrected chi connectivity index (χ4v) is 3.09. The molecule has 2 amide bonds. The molecule has 2 aromatic carbocycles. The smallest absolute Gasteiger partial charge is 0.338 e. The lowest BCUT2D eigenvalue weighted by molar-refractivity contribution is 0.0211. The molecule has 0 aromatic heterocycles. The van der Waals surface area contributed by atoms with Crippen LogP contribution in [0.5, 0.6) is 0 Å². The minimum Gasteiger partial charge on any atom is -0.459 e. The zero-order valence-electron chi connectivity index (χ0n) is 15.0. The molecular weight excluding hydrogens is 328 g/mol. The first kappa shape index (κ1) is 18.0. The monoisotopic (exact) mass is 352 g/mol. The molecule has 0 heterocycles. The Bertz CT molecular complexity index is 765. The highest BCUT2D eigenvalue weighted by Crippen LogP contribution is 2.22. The molecule has 0 saturated heterocycles. The maximum Gasteiger partial charge on any atom is 0.338 e. The van der Waals surface area contributed by atoms with Gasteiger partial charge in [-0.1, -0.05) is 24.6 Å². The third kappa shape index (κ3) is 4.85. The van der Waals surface area contributed by atoms with Gasteiger partial charge in [0.15, 0.2) is 0 Å². The zero-order chi connectivity index (χ0) is 18.4. The molecule has 3 rings (SSSR count). The third-order valence-electron chi connectivity index (χ3n) is 4.60. The summed E-state index contributed by atoms with van der Waals surface area (Å²) in [5, 5.41) is 5.57. The van der Waals surface area contributed by atoms with Gasteiger partial charge in [-0.05, 0) is 68.5 Å². The molecule has 5 nitrogen and oxygen atoms in total. The third-order valence-corrected chi connectivity index (χ3v) is 4.60. The summed E-state index contributed by atoms with van der Waals surface area (Å²) in [7, 11) is 0. The van der Waals surface area contributed by atoms with Crippen LogP contribution in [0.1, 0.15) is 48.0 Å². The van der Waals surface area contributed by atoms with E-state index in [9.17, 15) is 9.59 Å². The minimum atomic E-state index is -0.322. The zero-order valence-corrected chi connectivity index (χ0v) is 15.0. The van der Waals surface area contributed by atoms with Crippen LogP contribution in [0.4, 0.5) is 16.2 Å². The molecule has 1 fully saturated rings. The van der Waals surface area contributed by atoms with Crippen molar-refractivity contribution >= 4 is 23.4 Å².